The Kier molecular flexibility index (Phi) is 4.70. The highest BCUT2D eigenvalue weighted by atomic mass is 32.2. The van der Waals surface area contributed by atoms with E-state index in [2.05, 4.69) is 34.1 Å². The van der Waals surface area contributed by atoms with Gasteiger partial charge in [0, 0.05) is 51.0 Å². The quantitative estimate of drug-likeness (QED) is 0.839. The fourth-order valence-corrected chi connectivity index (χ4v) is 4.41. The third-order valence-corrected chi connectivity index (χ3v) is 6.05. The topological polar surface area (TPSA) is 43.9 Å². The van der Waals surface area contributed by atoms with Crippen LogP contribution in [0.5, 0.6) is 0 Å². The Morgan fingerprint density at radius 2 is 1.68 bits per heavy atom. The van der Waals surface area contributed by atoms with Gasteiger partial charge in [-0.15, -0.1) is 0 Å². The Hall–Kier alpha value is -1.11. The number of rotatable bonds is 3. The van der Waals surface area contributed by atoms with Crippen molar-refractivity contribution in [2.75, 3.05) is 50.4 Å². The van der Waals surface area contributed by atoms with Crippen molar-refractivity contribution in [1.29, 1.82) is 0 Å². The molecule has 0 N–H and O–H groups in total. The highest BCUT2D eigenvalue weighted by Crippen LogP contribution is 2.21. The van der Waals surface area contributed by atoms with E-state index in [0.29, 0.717) is 19.1 Å². The first-order chi connectivity index (χ1) is 10.5. The van der Waals surface area contributed by atoms with Gasteiger partial charge in [-0.2, -0.15) is 0 Å². The van der Waals surface area contributed by atoms with Gasteiger partial charge in [0.2, 0.25) is 10.0 Å². The first kappa shape index (κ1) is 15.8. The van der Waals surface area contributed by atoms with Gasteiger partial charge in [0.05, 0.1) is 6.26 Å². The molecule has 0 spiro atoms. The maximum atomic E-state index is 11.8. The molecule has 122 valence electrons. The maximum Gasteiger partial charge on any atom is 0.211 e. The first-order valence-electron chi connectivity index (χ1n) is 8.03. The Bertz CT molecular complexity index is 583. The first-order valence-corrected chi connectivity index (χ1v) is 9.88. The summed E-state index contributed by atoms with van der Waals surface area (Å²) in [6.07, 6.45) is 3.40. The summed E-state index contributed by atoms with van der Waals surface area (Å²) < 4.78 is 25.1. The molecule has 0 aliphatic carbocycles. The molecule has 0 radical (unpaired) electrons. The molecule has 1 atom stereocenters. The van der Waals surface area contributed by atoms with Crippen LogP contribution in [0.2, 0.25) is 0 Å². The van der Waals surface area contributed by atoms with Crippen LogP contribution in [0.15, 0.2) is 30.3 Å². The Balaban J connectivity index is 1.57. The fourth-order valence-electron chi connectivity index (χ4n) is 3.50. The molecular formula is C16H25N3O2S. The average molecular weight is 323 g/mol. The van der Waals surface area contributed by atoms with Gasteiger partial charge in [0.1, 0.15) is 0 Å². The van der Waals surface area contributed by atoms with Crippen LogP contribution in [0.1, 0.15) is 12.8 Å². The van der Waals surface area contributed by atoms with Crippen molar-refractivity contribution in [3.63, 3.8) is 0 Å². The van der Waals surface area contributed by atoms with Gasteiger partial charge in [-0.1, -0.05) is 18.2 Å². The Morgan fingerprint density at radius 3 is 2.32 bits per heavy atom. The number of nitrogens with zero attached hydrogens (tertiary/aromatic N) is 3. The molecule has 5 nitrogen and oxygen atoms in total. The van der Waals surface area contributed by atoms with Crippen LogP contribution in [0.4, 0.5) is 5.69 Å². The summed E-state index contributed by atoms with van der Waals surface area (Å²) in [6, 6.07) is 10.9. The third kappa shape index (κ3) is 3.62. The molecule has 2 saturated heterocycles. The molecule has 0 saturated carbocycles. The van der Waals surface area contributed by atoms with Crippen LogP contribution in [-0.2, 0) is 10.0 Å². The molecule has 2 aliphatic rings. The van der Waals surface area contributed by atoms with E-state index in [-0.39, 0.29) is 0 Å². The van der Waals surface area contributed by atoms with Gasteiger partial charge in [0.15, 0.2) is 0 Å². The number of benzene rings is 1. The number of hydrogen-bond donors (Lipinski definition) is 0. The van der Waals surface area contributed by atoms with Crippen molar-refractivity contribution in [3.8, 4) is 0 Å². The summed E-state index contributed by atoms with van der Waals surface area (Å²) in [5, 5.41) is 0. The molecule has 3 rings (SSSR count). The molecule has 1 unspecified atom stereocenters. The number of hydrogen-bond acceptors (Lipinski definition) is 4. The Labute approximate surface area is 133 Å². The molecule has 1 aromatic rings. The van der Waals surface area contributed by atoms with Crippen LogP contribution in [0.3, 0.4) is 0 Å². The van der Waals surface area contributed by atoms with Crippen molar-refractivity contribution >= 4 is 15.7 Å². The van der Waals surface area contributed by atoms with Crippen molar-refractivity contribution in [1.82, 2.24) is 9.21 Å². The molecule has 6 heteroatoms. The number of piperazine rings is 1. The minimum Gasteiger partial charge on any atom is -0.369 e. The summed E-state index contributed by atoms with van der Waals surface area (Å²) >= 11 is 0. The molecule has 0 bridgehead atoms. The average Bonchev–Trinajstić information content (AvgIpc) is 2.55. The Morgan fingerprint density at radius 1 is 1.00 bits per heavy atom. The van der Waals surface area contributed by atoms with Gasteiger partial charge < -0.3 is 4.90 Å². The minimum atomic E-state index is -3.05. The zero-order valence-corrected chi connectivity index (χ0v) is 14.0. The van der Waals surface area contributed by atoms with Crippen molar-refractivity contribution < 1.29 is 8.42 Å². The number of sulfonamides is 1. The second-order valence-electron chi connectivity index (χ2n) is 6.28. The SMILES string of the molecule is CS(=O)(=O)N1CCCC(N2CCN(c3ccccc3)CC2)C1. The molecule has 22 heavy (non-hydrogen) atoms. The lowest BCUT2D eigenvalue weighted by molar-refractivity contribution is 0.128. The predicted molar refractivity (Wildman–Crippen MR) is 89.7 cm³/mol. The normalized spacial score (nSPS) is 25.3. The number of para-hydroxylation sites is 1. The number of anilines is 1. The summed E-state index contributed by atoms with van der Waals surface area (Å²) in [6.45, 7) is 5.39. The largest absolute Gasteiger partial charge is 0.369 e. The zero-order chi connectivity index (χ0) is 15.6. The second-order valence-corrected chi connectivity index (χ2v) is 8.26. The summed E-state index contributed by atoms with van der Waals surface area (Å²) in [5.41, 5.74) is 1.28. The smallest absolute Gasteiger partial charge is 0.211 e. The molecule has 1 aromatic carbocycles. The van der Waals surface area contributed by atoms with Crippen molar-refractivity contribution in [2.24, 2.45) is 0 Å². The van der Waals surface area contributed by atoms with E-state index >= 15 is 0 Å². The lowest BCUT2D eigenvalue weighted by Crippen LogP contribution is -2.55. The molecule has 0 aromatic heterocycles. The van der Waals surface area contributed by atoms with E-state index in [1.807, 2.05) is 6.07 Å². The molecular weight excluding hydrogens is 298 g/mol. The summed E-state index contributed by atoms with van der Waals surface area (Å²) in [4.78, 5) is 4.88. The third-order valence-electron chi connectivity index (χ3n) is 4.78. The number of piperidine rings is 1. The van der Waals surface area contributed by atoms with Crippen LogP contribution in [0, 0.1) is 0 Å². The monoisotopic (exact) mass is 323 g/mol. The van der Waals surface area contributed by atoms with Gasteiger partial charge in [0.25, 0.3) is 0 Å². The zero-order valence-electron chi connectivity index (χ0n) is 13.2. The van der Waals surface area contributed by atoms with Crippen LogP contribution < -0.4 is 4.90 Å². The molecule has 0 amide bonds. The maximum absolute atomic E-state index is 11.8. The van der Waals surface area contributed by atoms with Gasteiger partial charge in [-0.25, -0.2) is 12.7 Å². The second kappa shape index (κ2) is 6.56. The molecule has 2 aliphatic heterocycles. The van der Waals surface area contributed by atoms with Gasteiger partial charge in [-0.3, -0.25) is 4.90 Å². The van der Waals surface area contributed by atoms with Crippen LogP contribution in [-0.4, -0.2) is 69.2 Å². The standard InChI is InChI=1S/C16H25N3O2S/c1-22(20,21)19-9-5-8-16(14-19)18-12-10-17(11-13-18)15-6-3-2-4-7-15/h2-4,6-7,16H,5,8-14H2,1H3. The highest BCUT2D eigenvalue weighted by molar-refractivity contribution is 7.88. The van der Waals surface area contributed by atoms with E-state index < -0.39 is 10.0 Å². The summed E-state index contributed by atoms with van der Waals surface area (Å²) in [7, 11) is -3.05. The van der Waals surface area contributed by atoms with Gasteiger partial charge in [-0.05, 0) is 25.0 Å². The van der Waals surface area contributed by atoms with Gasteiger partial charge >= 0.3 is 0 Å². The van der Waals surface area contributed by atoms with E-state index in [0.717, 1.165) is 39.0 Å². The molecule has 2 fully saturated rings. The lowest BCUT2D eigenvalue weighted by atomic mass is 10.0. The van der Waals surface area contributed by atoms with E-state index in [4.69, 9.17) is 0 Å². The minimum absolute atomic E-state index is 0.376. The van der Waals surface area contributed by atoms with Crippen LogP contribution >= 0.6 is 0 Å². The predicted octanol–water partition coefficient (Wildman–Crippen LogP) is 1.23. The van der Waals surface area contributed by atoms with E-state index in [1.165, 1.54) is 11.9 Å². The highest BCUT2D eigenvalue weighted by Gasteiger charge is 2.31. The van der Waals surface area contributed by atoms with Crippen LogP contribution in [0.25, 0.3) is 0 Å². The lowest BCUT2D eigenvalue weighted by Gasteiger charge is -2.43. The van der Waals surface area contributed by atoms with E-state index in [9.17, 15) is 8.42 Å². The van der Waals surface area contributed by atoms with E-state index in [1.54, 1.807) is 4.31 Å². The van der Waals surface area contributed by atoms with Crippen molar-refractivity contribution in [3.05, 3.63) is 30.3 Å². The summed E-state index contributed by atoms with van der Waals surface area (Å²) in [5.74, 6) is 0. The van der Waals surface area contributed by atoms with Crippen molar-refractivity contribution in [2.45, 2.75) is 18.9 Å². The fraction of sp³-hybridized carbons (Fsp3) is 0.625. The molecule has 2 heterocycles.